The lowest BCUT2D eigenvalue weighted by molar-refractivity contribution is 0.0630. The van der Waals surface area contributed by atoms with Gasteiger partial charge in [0.25, 0.3) is 0 Å². The third-order valence-corrected chi connectivity index (χ3v) is 3.41. The minimum atomic E-state index is 0.284. The van der Waals surface area contributed by atoms with Gasteiger partial charge in [-0.2, -0.15) is 0 Å². The molecule has 0 aromatic rings. The van der Waals surface area contributed by atoms with Crippen molar-refractivity contribution in [3.8, 4) is 0 Å². The van der Waals surface area contributed by atoms with Gasteiger partial charge in [0.2, 0.25) is 0 Å². The second kappa shape index (κ2) is 8.89. The van der Waals surface area contributed by atoms with E-state index in [1.807, 2.05) is 13.8 Å². The lowest BCUT2D eigenvalue weighted by Gasteiger charge is -2.40. The van der Waals surface area contributed by atoms with Gasteiger partial charge < -0.3 is 10.0 Å². The summed E-state index contributed by atoms with van der Waals surface area (Å²) in [6, 6.07) is 0.584. The Kier molecular flexibility index (Phi) is 8.83. The molecule has 0 aliphatic carbocycles. The van der Waals surface area contributed by atoms with Crippen molar-refractivity contribution in [3.63, 3.8) is 0 Å². The van der Waals surface area contributed by atoms with Gasteiger partial charge in [-0.3, -0.25) is 4.90 Å². The zero-order valence-electron chi connectivity index (χ0n) is 13.4. The Morgan fingerprint density at radius 1 is 1.11 bits per heavy atom. The van der Waals surface area contributed by atoms with Crippen LogP contribution in [0.5, 0.6) is 0 Å². The summed E-state index contributed by atoms with van der Waals surface area (Å²) < 4.78 is 0. The summed E-state index contributed by atoms with van der Waals surface area (Å²) in [6.07, 6.45) is 1.26. The SMILES string of the molecule is CC.C[C@@H]1CN(CCC(C)(C)C)CCN1CCO. The number of aliphatic hydroxyl groups excluding tert-OH is 1. The predicted molar refractivity (Wildman–Crippen MR) is 80.0 cm³/mol. The van der Waals surface area contributed by atoms with Gasteiger partial charge in [-0.25, -0.2) is 0 Å². The van der Waals surface area contributed by atoms with E-state index in [9.17, 15) is 0 Å². The van der Waals surface area contributed by atoms with Crippen molar-refractivity contribution >= 4 is 0 Å². The van der Waals surface area contributed by atoms with E-state index in [0.29, 0.717) is 11.5 Å². The van der Waals surface area contributed by atoms with Gasteiger partial charge in [0.05, 0.1) is 6.61 Å². The molecule has 110 valence electrons. The molecule has 18 heavy (non-hydrogen) atoms. The molecule has 1 heterocycles. The minimum Gasteiger partial charge on any atom is -0.395 e. The van der Waals surface area contributed by atoms with E-state index < -0.39 is 0 Å². The molecule has 1 aliphatic rings. The van der Waals surface area contributed by atoms with Crippen LogP contribution >= 0.6 is 0 Å². The van der Waals surface area contributed by atoms with Crippen LogP contribution in [0.4, 0.5) is 0 Å². The highest BCUT2D eigenvalue weighted by atomic mass is 16.3. The first-order valence-electron chi connectivity index (χ1n) is 7.49. The molecule has 0 aromatic carbocycles. The molecular formula is C15H34N2O. The van der Waals surface area contributed by atoms with Gasteiger partial charge in [-0.15, -0.1) is 0 Å². The molecule has 0 saturated carbocycles. The molecule has 1 rings (SSSR count). The second-order valence-electron chi connectivity index (χ2n) is 6.22. The van der Waals surface area contributed by atoms with E-state index in [2.05, 4.69) is 37.5 Å². The van der Waals surface area contributed by atoms with Crippen LogP contribution in [-0.4, -0.2) is 60.3 Å². The Balaban J connectivity index is 0.00000137. The van der Waals surface area contributed by atoms with E-state index in [-0.39, 0.29) is 6.61 Å². The molecule has 0 spiro atoms. The van der Waals surface area contributed by atoms with Crippen molar-refractivity contribution < 1.29 is 5.11 Å². The average molecular weight is 258 g/mol. The summed E-state index contributed by atoms with van der Waals surface area (Å²) in [5.41, 5.74) is 0.436. The van der Waals surface area contributed by atoms with Crippen LogP contribution in [0.1, 0.15) is 48.0 Å². The fourth-order valence-electron chi connectivity index (χ4n) is 2.23. The molecule has 0 amide bonds. The lowest BCUT2D eigenvalue weighted by atomic mass is 9.92. The third kappa shape index (κ3) is 7.34. The number of aliphatic hydroxyl groups is 1. The molecule has 1 saturated heterocycles. The summed E-state index contributed by atoms with van der Waals surface area (Å²) in [7, 11) is 0. The maximum atomic E-state index is 8.96. The number of hydrogen-bond acceptors (Lipinski definition) is 3. The second-order valence-corrected chi connectivity index (χ2v) is 6.22. The number of β-amino-alcohol motifs (C(OH)–C–C–N with tert-alkyl or cyclic N) is 1. The predicted octanol–water partition coefficient (Wildman–Crippen LogP) is 2.45. The number of piperazine rings is 1. The average Bonchev–Trinajstić information content (AvgIpc) is 2.32. The standard InChI is InChI=1S/C13H28N2O.C2H6/c1-12-11-14(6-5-13(2,3)4)7-8-15(12)9-10-16;1-2/h12,16H,5-11H2,1-4H3;1-2H3/t12-;/m1./s1. The lowest BCUT2D eigenvalue weighted by Crippen LogP contribution is -2.52. The Morgan fingerprint density at radius 3 is 2.17 bits per heavy atom. The molecule has 3 heteroatoms. The third-order valence-electron chi connectivity index (χ3n) is 3.41. The van der Waals surface area contributed by atoms with Crippen molar-refractivity contribution in [1.29, 1.82) is 0 Å². The van der Waals surface area contributed by atoms with Crippen LogP contribution < -0.4 is 0 Å². The van der Waals surface area contributed by atoms with Crippen molar-refractivity contribution in [2.45, 2.75) is 54.0 Å². The van der Waals surface area contributed by atoms with Crippen LogP contribution in [0.15, 0.2) is 0 Å². The summed E-state index contributed by atoms with van der Waals surface area (Å²) >= 11 is 0. The van der Waals surface area contributed by atoms with Crippen LogP contribution in [-0.2, 0) is 0 Å². The molecular weight excluding hydrogens is 224 g/mol. The van der Waals surface area contributed by atoms with Crippen molar-refractivity contribution in [2.24, 2.45) is 5.41 Å². The maximum absolute atomic E-state index is 8.96. The van der Waals surface area contributed by atoms with E-state index in [1.54, 1.807) is 0 Å². The summed E-state index contributed by atoms with van der Waals surface area (Å²) in [6.45, 7) is 18.9. The van der Waals surface area contributed by atoms with Gasteiger partial charge in [-0.1, -0.05) is 34.6 Å². The molecule has 0 aromatic heterocycles. The van der Waals surface area contributed by atoms with Crippen molar-refractivity contribution in [1.82, 2.24) is 9.80 Å². The Bertz CT molecular complexity index is 201. The minimum absolute atomic E-state index is 0.284. The van der Waals surface area contributed by atoms with E-state index in [0.717, 1.165) is 26.2 Å². The van der Waals surface area contributed by atoms with Crippen molar-refractivity contribution in [2.75, 3.05) is 39.3 Å². The van der Waals surface area contributed by atoms with Gasteiger partial charge in [0, 0.05) is 32.2 Å². The van der Waals surface area contributed by atoms with Crippen LogP contribution in [0.25, 0.3) is 0 Å². The Morgan fingerprint density at radius 2 is 1.72 bits per heavy atom. The Labute approximate surface area is 114 Å². The monoisotopic (exact) mass is 258 g/mol. The van der Waals surface area contributed by atoms with E-state index in [4.69, 9.17) is 5.11 Å². The van der Waals surface area contributed by atoms with Gasteiger partial charge >= 0.3 is 0 Å². The summed E-state index contributed by atoms with van der Waals surface area (Å²) in [5, 5.41) is 8.96. The van der Waals surface area contributed by atoms with Gasteiger partial charge in [0.1, 0.15) is 0 Å². The summed E-state index contributed by atoms with van der Waals surface area (Å²) in [5.74, 6) is 0. The van der Waals surface area contributed by atoms with E-state index in [1.165, 1.54) is 13.0 Å². The van der Waals surface area contributed by atoms with Crippen LogP contribution in [0.3, 0.4) is 0 Å². The highest BCUT2D eigenvalue weighted by Crippen LogP contribution is 2.20. The molecule has 0 radical (unpaired) electrons. The maximum Gasteiger partial charge on any atom is 0.0558 e. The van der Waals surface area contributed by atoms with Gasteiger partial charge in [-0.05, 0) is 25.3 Å². The Hall–Kier alpha value is -0.120. The number of hydrogen-bond donors (Lipinski definition) is 1. The summed E-state index contributed by atoms with van der Waals surface area (Å²) in [4.78, 5) is 4.94. The van der Waals surface area contributed by atoms with Crippen molar-refractivity contribution in [3.05, 3.63) is 0 Å². The largest absolute Gasteiger partial charge is 0.395 e. The first kappa shape index (κ1) is 17.9. The molecule has 1 atom stereocenters. The molecule has 3 nitrogen and oxygen atoms in total. The number of nitrogens with zero attached hydrogens (tertiary/aromatic N) is 2. The smallest absolute Gasteiger partial charge is 0.0558 e. The fraction of sp³-hybridized carbons (Fsp3) is 1.00. The molecule has 1 fully saturated rings. The van der Waals surface area contributed by atoms with Crippen LogP contribution in [0, 0.1) is 5.41 Å². The fourth-order valence-corrected chi connectivity index (χ4v) is 2.23. The zero-order valence-corrected chi connectivity index (χ0v) is 13.4. The highest BCUT2D eigenvalue weighted by Gasteiger charge is 2.23. The molecule has 0 unspecified atom stereocenters. The highest BCUT2D eigenvalue weighted by molar-refractivity contribution is 4.79. The zero-order chi connectivity index (χ0) is 14.2. The molecule has 1 N–H and O–H groups in total. The van der Waals surface area contributed by atoms with Crippen LogP contribution in [0.2, 0.25) is 0 Å². The number of rotatable bonds is 4. The normalized spacial score (nSPS) is 22.5. The first-order chi connectivity index (χ1) is 8.42. The molecule has 0 bridgehead atoms. The molecule has 1 aliphatic heterocycles. The first-order valence-corrected chi connectivity index (χ1v) is 7.49. The van der Waals surface area contributed by atoms with E-state index >= 15 is 0 Å². The van der Waals surface area contributed by atoms with Gasteiger partial charge in [0.15, 0.2) is 0 Å². The quantitative estimate of drug-likeness (QED) is 0.839. The topological polar surface area (TPSA) is 26.7 Å².